The van der Waals surface area contributed by atoms with Crippen molar-refractivity contribution in [3.63, 3.8) is 0 Å². The lowest BCUT2D eigenvalue weighted by atomic mass is 10.3. The van der Waals surface area contributed by atoms with Gasteiger partial charge in [0.25, 0.3) is 0 Å². The van der Waals surface area contributed by atoms with Crippen LogP contribution in [-0.4, -0.2) is 71.4 Å². The molecule has 3 rings (SSSR count). The van der Waals surface area contributed by atoms with E-state index in [-0.39, 0.29) is 23.0 Å². The molecule has 3 aromatic rings. The Morgan fingerprint density at radius 1 is 1.03 bits per heavy atom. The first-order chi connectivity index (χ1) is 15.2. The van der Waals surface area contributed by atoms with Crippen molar-refractivity contribution < 1.29 is 22.7 Å². The highest BCUT2D eigenvalue weighted by Gasteiger charge is 2.24. The van der Waals surface area contributed by atoms with Crippen LogP contribution in [0.1, 0.15) is 6.42 Å². The highest BCUT2D eigenvalue weighted by Crippen LogP contribution is 2.37. The minimum absolute atomic E-state index is 0.132. The number of rotatable bonds is 10. The lowest BCUT2D eigenvalue weighted by Gasteiger charge is -2.22. The van der Waals surface area contributed by atoms with E-state index in [0.29, 0.717) is 35.2 Å². The van der Waals surface area contributed by atoms with Crippen molar-refractivity contribution in [1.82, 2.24) is 9.88 Å². The van der Waals surface area contributed by atoms with E-state index < -0.39 is 9.84 Å². The summed E-state index contributed by atoms with van der Waals surface area (Å²) in [6.45, 7) is 1.01. The number of nitrogens with zero attached hydrogens (tertiary/aromatic N) is 3. The third-order valence-corrected chi connectivity index (χ3v) is 7.65. The molecule has 32 heavy (non-hydrogen) atoms. The number of thiazole rings is 1. The molecule has 0 saturated carbocycles. The Morgan fingerprint density at radius 2 is 1.69 bits per heavy atom. The lowest BCUT2D eigenvalue weighted by molar-refractivity contribution is -0.118. The van der Waals surface area contributed by atoms with E-state index in [0.717, 1.165) is 4.70 Å². The lowest BCUT2D eigenvalue weighted by Crippen LogP contribution is -2.37. The number of likely N-dealkylation sites (N-methyl/N-ethyl adjacent to an activating group) is 1. The zero-order chi connectivity index (χ0) is 23.3. The molecule has 0 atom stereocenters. The molecule has 0 N–H and O–H groups in total. The molecule has 0 saturated heterocycles. The number of benzene rings is 2. The van der Waals surface area contributed by atoms with Gasteiger partial charge in [-0.25, -0.2) is 13.4 Å². The average Bonchev–Trinajstić information content (AvgIpc) is 3.19. The fraction of sp³-hybridized carbons (Fsp3) is 0.364. The second-order valence-electron chi connectivity index (χ2n) is 7.40. The molecule has 10 heteroatoms. The van der Waals surface area contributed by atoms with Crippen LogP contribution in [-0.2, 0) is 14.6 Å². The first-order valence-electron chi connectivity index (χ1n) is 10.0. The van der Waals surface area contributed by atoms with Crippen molar-refractivity contribution >= 4 is 42.4 Å². The van der Waals surface area contributed by atoms with Crippen LogP contribution in [0.4, 0.5) is 5.13 Å². The minimum Gasteiger partial charge on any atom is -0.493 e. The van der Waals surface area contributed by atoms with Gasteiger partial charge in [0.1, 0.15) is 0 Å². The Bertz CT molecular complexity index is 1140. The molecule has 0 aliphatic carbocycles. The molecule has 0 unspecified atom stereocenters. The molecule has 1 amide bonds. The van der Waals surface area contributed by atoms with Crippen molar-refractivity contribution in [3.8, 4) is 11.5 Å². The molecule has 8 nitrogen and oxygen atoms in total. The van der Waals surface area contributed by atoms with E-state index in [1.807, 2.05) is 25.1 Å². The number of ether oxygens (including phenoxy) is 2. The van der Waals surface area contributed by atoms with Crippen LogP contribution in [0.5, 0.6) is 11.5 Å². The smallest absolute Gasteiger partial charge is 0.229 e. The Hall–Kier alpha value is -2.69. The summed E-state index contributed by atoms with van der Waals surface area (Å²) in [5.74, 6) is 0.581. The fourth-order valence-electron chi connectivity index (χ4n) is 3.09. The van der Waals surface area contributed by atoms with Gasteiger partial charge < -0.3 is 14.4 Å². The first-order valence-corrected chi connectivity index (χ1v) is 12.5. The van der Waals surface area contributed by atoms with Crippen molar-refractivity contribution in [2.45, 2.75) is 11.3 Å². The molecule has 0 spiro atoms. The van der Waals surface area contributed by atoms with E-state index in [1.165, 1.54) is 23.5 Å². The Kier molecular flexibility index (Phi) is 7.70. The van der Waals surface area contributed by atoms with Crippen molar-refractivity contribution in [2.24, 2.45) is 0 Å². The van der Waals surface area contributed by atoms with Crippen molar-refractivity contribution in [1.29, 1.82) is 0 Å². The molecule has 0 bridgehead atoms. The number of anilines is 1. The number of sulfone groups is 1. The summed E-state index contributed by atoms with van der Waals surface area (Å²) in [6, 6.07) is 11.8. The van der Waals surface area contributed by atoms with Crippen LogP contribution in [0.3, 0.4) is 0 Å². The van der Waals surface area contributed by atoms with E-state index in [1.54, 1.807) is 43.4 Å². The van der Waals surface area contributed by atoms with E-state index in [4.69, 9.17) is 9.47 Å². The zero-order valence-electron chi connectivity index (χ0n) is 18.6. The maximum Gasteiger partial charge on any atom is 0.229 e. The quantitative estimate of drug-likeness (QED) is 0.443. The Morgan fingerprint density at radius 3 is 2.31 bits per heavy atom. The van der Waals surface area contributed by atoms with Crippen molar-refractivity contribution in [2.75, 3.05) is 52.1 Å². The van der Waals surface area contributed by atoms with Gasteiger partial charge in [0.05, 0.1) is 35.1 Å². The van der Waals surface area contributed by atoms with Crippen LogP contribution < -0.4 is 14.4 Å². The van der Waals surface area contributed by atoms with Gasteiger partial charge in [-0.15, -0.1) is 0 Å². The van der Waals surface area contributed by atoms with Gasteiger partial charge in [-0.05, 0) is 26.2 Å². The monoisotopic (exact) mass is 477 g/mol. The first kappa shape index (κ1) is 24.0. The second kappa shape index (κ2) is 10.3. The van der Waals surface area contributed by atoms with E-state index in [2.05, 4.69) is 4.98 Å². The predicted octanol–water partition coefficient (Wildman–Crippen LogP) is 3.07. The highest BCUT2D eigenvalue weighted by atomic mass is 32.2. The predicted molar refractivity (Wildman–Crippen MR) is 127 cm³/mol. The third-order valence-electron chi connectivity index (χ3n) is 4.87. The normalized spacial score (nSPS) is 11.7. The number of fused-ring (bicyclic) bond motifs is 1. The number of methoxy groups -OCH3 is 2. The SMILES string of the molecule is COc1cc2nc(N(CCN(C)C)C(=O)CCS(=O)(=O)c3ccccc3)sc2cc1OC. The van der Waals surface area contributed by atoms with Gasteiger partial charge in [0.15, 0.2) is 26.5 Å². The summed E-state index contributed by atoms with van der Waals surface area (Å²) >= 11 is 1.35. The highest BCUT2D eigenvalue weighted by molar-refractivity contribution is 7.91. The molecule has 172 valence electrons. The summed E-state index contributed by atoms with van der Waals surface area (Å²) < 4.78 is 36.8. The third kappa shape index (κ3) is 5.56. The Balaban J connectivity index is 1.86. The molecule has 1 aromatic heterocycles. The maximum absolute atomic E-state index is 13.1. The minimum atomic E-state index is -3.55. The summed E-state index contributed by atoms with van der Waals surface area (Å²) in [4.78, 5) is 21.5. The number of carbonyl (C=O) groups is 1. The standard InChI is InChI=1S/C22H27N3O5S2/c1-24(2)11-12-25(21(26)10-13-32(27,28)16-8-6-5-7-9-16)22-23-17-14-18(29-3)19(30-4)15-20(17)31-22/h5-9,14-15H,10-13H2,1-4H3. The molecule has 0 radical (unpaired) electrons. The number of aromatic nitrogens is 1. The number of hydrogen-bond acceptors (Lipinski definition) is 8. The van der Waals surface area contributed by atoms with Gasteiger partial charge in [-0.2, -0.15) is 0 Å². The van der Waals surface area contributed by atoms with Crippen molar-refractivity contribution in [3.05, 3.63) is 42.5 Å². The average molecular weight is 478 g/mol. The molecular formula is C22H27N3O5S2. The van der Waals surface area contributed by atoms with Crippen LogP contribution in [0.15, 0.2) is 47.4 Å². The fourth-order valence-corrected chi connectivity index (χ4v) is 5.36. The summed E-state index contributed by atoms with van der Waals surface area (Å²) in [5.41, 5.74) is 0.683. The topological polar surface area (TPSA) is 89.0 Å². The summed E-state index contributed by atoms with van der Waals surface area (Å²) in [5, 5.41) is 0.513. The van der Waals surface area contributed by atoms with Crippen LogP contribution >= 0.6 is 11.3 Å². The van der Waals surface area contributed by atoms with Crippen LogP contribution in [0.2, 0.25) is 0 Å². The van der Waals surface area contributed by atoms with Gasteiger partial charge in [0.2, 0.25) is 5.91 Å². The van der Waals surface area contributed by atoms with Gasteiger partial charge in [-0.3, -0.25) is 9.69 Å². The largest absolute Gasteiger partial charge is 0.493 e. The molecule has 0 aliphatic rings. The number of carbonyl (C=O) groups excluding carboxylic acids is 1. The molecule has 1 heterocycles. The molecule has 2 aromatic carbocycles. The van der Waals surface area contributed by atoms with E-state index >= 15 is 0 Å². The molecule has 0 aliphatic heterocycles. The van der Waals surface area contributed by atoms with Gasteiger partial charge in [0, 0.05) is 31.6 Å². The van der Waals surface area contributed by atoms with Crippen LogP contribution in [0.25, 0.3) is 10.2 Å². The van der Waals surface area contributed by atoms with Gasteiger partial charge in [-0.1, -0.05) is 29.5 Å². The van der Waals surface area contributed by atoms with Crippen LogP contribution in [0, 0.1) is 0 Å². The number of amides is 1. The summed E-state index contributed by atoms with van der Waals surface area (Å²) in [7, 11) is 3.39. The Labute approximate surface area is 192 Å². The molecule has 0 fully saturated rings. The van der Waals surface area contributed by atoms with Gasteiger partial charge >= 0.3 is 0 Å². The maximum atomic E-state index is 13.1. The second-order valence-corrected chi connectivity index (χ2v) is 10.5. The number of hydrogen-bond donors (Lipinski definition) is 0. The molecular weight excluding hydrogens is 450 g/mol. The zero-order valence-corrected chi connectivity index (χ0v) is 20.2. The summed E-state index contributed by atoms with van der Waals surface area (Å²) in [6.07, 6.45) is -0.132. The van der Waals surface area contributed by atoms with E-state index in [9.17, 15) is 13.2 Å².